The zero-order chi connectivity index (χ0) is 6.69. The molecule has 1 atom stereocenters. The summed E-state index contributed by atoms with van der Waals surface area (Å²) in [5.74, 6) is 0.775. The van der Waals surface area contributed by atoms with Gasteiger partial charge < -0.3 is 10.1 Å². The molecule has 0 bridgehead atoms. The standard InChI is InChI=1S/C6H9N2O/c1-5(9)4-6-7-2-3-8-6/h2-3,5,9H,1,4H2,(H,7,8). The number of hydrogen-bond donors (Lipinski definition) is 2. The molecule has 3 heteroatoms. The van der Waals surface area contributed by atoms with E-state index in [1.807, 2.05) is 0 Å². The first-order chi connectivity index (χ1) is 4.29. The number of aliphatic hydroxyl groups excluding tert-OH is 1. The third kappa shape index (κ3) is 1.85. The lowest BCUT2D eigenvalue weighted by Crippen LogP contribution is -2.05. The molecule has 1 heterocycles. The summed E-state index contributed by atoms with van der Waals surface area (Å²) in [6.45, 7) is 3.41. The van der Waals surface area contributed by atoms with E-state index < -0.39 is 6.10 Å². The first-order valence-corrected chi connectivity index (χ1v) is 2.78. The number of imidazole rings is 1. The van der Waals surface area contributed by atoms with Gasteiger partial charge in [0.25, 0.3) is 0 Å². The van der Waals surface area contributed by atoms with Gasteiger partial charge in [-0.05, 0) is 6.92 Å². The molecule has 3 nitrogen and oxygen atoms in total. The summed E-state index contributed by atoms with van der Waals surface area (Å²) in [6, 6.07) is 0. The Morgan fingerprint density at radius 1 is 1.89 bits per heavy atom. The van der Waals surface area contributed by atoms with Crippen molar-refractivity contribution >= 4 is 0 Å². The molecule has 49 valence electrons. The van der Waals surface area contributed by atoms with Gasteiger partial charge in [0.2, 0.25) is 0 Å². The van der Waals surface area contributed by atoms with Crippen LogP contribution in [0.15, 0.2) is 12.4 Å². The van der Waals surface area contributed by atoms with E-state index in [2.05, 4.69) is 16.9 Å². The number of nitrogens with one attached hydrogen (secondary N) is 1. The van der Waals surface area contributed by atoms with Crippen LogP contribution >= 0.6 is 0 Å². The van der Waals surface area contributed by atoms with Gasteiger partial charge in [0.05, 0.1) is 6.10 Å². The zero-order valence-electron chi connectivity index (χ0n) is 5.04. The summed E-state index contributed by atoms with van der Waals surface area (Å²) in [7, 11) is 0. The fraction of sp³-hybridized carbons (Fsp3) is 0.333. The highest BCUT2D eigenvalue weighted by atomic mass is 16.3. The average molecular weight is 125 g/mol. The molecule has 0 saturated carbocycles. The van der Waals surface area contributed by atoms with Crippen molar-refractivity contribution in [1.82, 2.24) is 9.97 Å². The van der Waals surface area contributed by atoms with Gasteiger partial charge in [0.15, 0.2) is 0 Å². The molecule has 1 aromatic rings. The van der Waals surface area contributed by atoms with Crippen molar-refractivity contribution < 1.29 is 5.11 Å². The second-order valence-corrected chi connectivity index (χ2v) is 1.89. The minimum Gasteiger partial charge on any atom is -0.393 e. The van der Waals surface area contributed by atoms with Crippen molar-refractivity contribution in [1.29, 1.82) is 0 Å². The molecular formula is C6H9N2O. The number of aromatic amines is 1. The Morgan fingerprint density at radius 2 is 2.67 bits per heavy atom. The molecule has 9 heavy (non-hydrogen) atoms. The van der Waals surface area contributed by atoms with E-state index in [1.54, 1.807) is 12.4 Å². The quantitative estimate of drug-likeness (QED) is 0.591. The molecule has 0 aliphatic heterocycles. The summed E-state index contributed by atoms with van der Waals surface area (Å²) < 4.78 is 0. The van der Waals surface area contributed by atoms with Crippen molar-refractivity contribution in [3.8, 4) is 0 Å². The summed E-state index contributed by atoms with van der Waals surface area (Å²) in [5, 5.41) is 8.75. The summed E-state index contributed by atoms with van der Waals surface area (Å²) >= 11 is 0. The summed E-state index contributed by atoms with van der Waals surface area (Å²) in [6.07, 6.45) is 3.30. The maximum atomic E-state index is 8.75. The van der Waals surface area contributed by atoms with Crippen LogP contribution in [0.3, 0.4) is 0 Å². The first-order valence-electron chi connectivity index (χ1n) is 2.78. The normalized spacial score (nSPS) is 13.6. The van der Waals surface area contributed by atoms with Crippen molar-refractivity contribution in [3.63, 3.8) is 0 Å². The van der Waals surface area contributed by atoms with Crippen molar-refractivity contribution in [2.45, 2.75) is 12.5 Å². The summed E-state index contributed by atoms with van der Waals surface area (Å²) in [5.41, 5.74) is 0. The number of aromatic nitrogens is 2. The predicted molar refractivity (Wildman–Crippen MR) is 33.7 cm³/mol. The Kier molecular flexibility index (Phi) is 1.85. The van der Waals surface area contributed by atoms with E-state index in [-0.39, 0.29) is 0 Å². The van der Waals surface area contributed by atoms with Gasteiger partial charge in [-0.25, -0.2) is 4.98 Å². The SMILES string of the molecule is [CH2]C(O)Cc1ncc[nH]1. The molecule has 1 aromatic heterocycles. The molecule has 1 radical (unpaired) electrons. The van der Waals surface area contributed by atoms with Gasteiger partial charge >= 0.3 is 0 Å². The Balaban J connectivity index is 2.48. The van der Waals surface area contributed by atoms with E-state index in [0.29, 0.717) is 6.42 Å². The summed E-state index contributed by atoms with van der Waals surface area (Å²) in [4.78, 5) is 6.76. The molecule has 2 N–H and O–H groups in total. The van der Waals surface area contributed by atoms with Crippen molar-refractivity contribution in [2.24, 2.45) is 0 Å². The monoisotopic (exact) mass is 125 g/mol. The number of aliphatic hydroxyl groups is 1. The number of rotatable bonds is 2. The average Bonchev–Trinajstić information content (AvgIpc) is 2.15. The second-order valence-electron chi connectivity index (χ2n) is 1.89. The highest BCUT2D eigenvalue weighted by Gasteiger charge is 1.98. The van der Waals surface area contributed by atoms with Crippen LogP contribution in [-0.4, -0.2) is 21.2 Å². The van der Waals surface area contributed by atoms with Gasteiger partial charge in [-0.2, -0.15) is 0 Å². The molecule has 1 unspecified atom stereocenters. The van der Waals surface area contributed by atoms with Gasteiger partial charge in [-0.3, -0.25) is 0 Å². The Labute approximate surface area is 53.7 Å². The van der Waals surface area contributed by atoms with Gasteiger partial charge in [-0.15, -0.1) is 0 Å². The maximum Gasteiger partial charge on any atom is 0.108 e. The third-order valence-corrected chi connectivity index (χ3v) is 0.984. The highest BCUT2D eigenvalue weighted by Crippen LogP contribution is 1.93. The molecule has 0 amide bonds. The lowest BCUT2D eigenvalue weighted by atomic mass is 10.3. The molecule has 0 saturated heterocycles. The third-order valence-electron chi connectivity index (χ3n) is 0.984. The Bertz CT molecular complexity index is 158. The molecule has 0 aliphatic carbocycles. The fourth-order valence-electron chi connectivity index (χ4n) is 0.633. The molecule has 0 fully saturated rings. The largest absolute Gasteiger partial charge is 0.393 e. The molecule has 1 rings (SSSR count). The smallest absolute Gasteiger partial charge is 0.108 e. The minimum absolute atomic E-state index is 0.493. The van der Waals surface area contributed by atoms with Crippen LogP contribution in [0, 0.1) is 6.92 Å². The van der Waals surface area contributed by atoms with E-state index in [4.69, 9.17) is 5.11 Å². The van der Waals surface area contributed by atoms with Crippen LogP contribution in [0.2, 0.25) is 0 Å². The van der Waals surface area contributed by atoms with Crippen LogP contribution in [0.25, 0.3) is 0 Å². The van der Waals surface area contributed by atoms with E-state index in [0.717, 1.165) is 5.82 Å². The lowest BCUT2D eigenvalue weighted by molar-refractivity contribution is 0.219. The van der Waals surface area contributed by atoms with Gasteiger partial charge in [0, 0.05) is 18.8 Å². The highest BCUT2D eigenvalue weighted by molar-refractivity contribution is 4.89. The molecule has 0 aliphatic rings. The van der Waals surface area contributed by atoms with Gasteiger partial charge in [-0.1, -0.05) is 0 Å². The van der Waals surface area contributed by atoms with E-state index >= 15 is 0 Å². The Hall–Kier alpha value is -0.830. The van der Waals surface area contributed by atoms with Crippen LogP contribution < -0.4 is 0 Å². The number of hydrogen-bond acceptors (Lipinski definition) is 2. The fourth-order valence-corrected chi connectivity index (χ4v) is 0.633. The Morgan fingerprint density at radius 3 is 3.11 bits per heavy atom. The lowest BCUT2D eigenvalue weighted by Gasteiger charge is -1.97. The van der Waals surface area contributed by atoms with Crippen molar-refractivity contribution in [3.05, 3.63) is 25.1 Å². The van der Waals surface area contributed by atoms with Crippen LogP contribution in [0.1, 0.15) is 5.82 Å². The minimum atomic E-state index is -0.559. The molecule has 0 aromatic carbocycles. The zero-order valence-corrected chi connectivity index (χ0v) is 5.04. The predicted octanol–water partition coefficient (Wildman–Crippen LogP) is 0.147. The molecular weight excluding hydrogens is 116 g/mol. The first kappa shape index (κ1) is 6.29. The van der Waals surface area contributed by atoms with E-state index in [1.165, 1.54) is 0 Å². The second kappa shape index (κ2) is 2.64. The van der Waals surface area contributed by atoms with Gasteiger partial charge in [0.1, 0.15) is 5.82 Å². The number of nitrogens with zero attached hydrogens (tertiary/aromatic N) is 1. The van der Waals surface area contributed by atoms with Crippen LogP contribution in [0.5, 0.6) is 0 Å². The van der Waals surface area contributed by atoms with Crippen LogP contribution in [-0.2, 0) is 6.42 Å². The topological polar surface area (TPSA) is 48.9 Å². The maximum absolute atomic E-state index is 8.75. The molecule has 0 spiro atoms. The van der Waals surface area contributed by atoms with Crippen LogP contribution in [0.4, 0.5) is 0 Å². The van der Waals surface area contributed by atoms with E-state index in [9.17, 15) is 0 Å². The number of H-pyrrole nitrogens is 1. The van der Waals surface area contributed by atoms with Crippen molar-refractivity contribution in [2.75, 3.05) is 0 Å².